The van der Waals surface area contributed by atoms with Crippen molar-refractivity contribution < 1.29 is 4.74 Å². The predicted molar refractivity (Wildman–Crippen MR) is 81.3 cm³/mol. The van der Waals surface area contributed by atoms with Crippen LogP contribution in [-0.2, 0) is 6.42 Å². The standard InChI is InChI=1S/C16H21N3O/c1-3-5-6-13-7-9-14(10-8-13)20-16-11-15(17-4-2)18-12-19-16/h7-12H,3-6H2,1-2H3,(H,17,18,19). The zero-order valence-electron chi connectivity index (χ0n) is 12.1. The third kappa shape index (κ3) is 4.23. The molecular weight excluding hydrogens is 250 g/mol. The first-order valence-electron chi connectivity index (χ1n) is 7.14. The molecule has 0 aliphatic rings. The van der Waals surface area contributed by atoms with Crippen molar-refractivity contribution >= 4 is 5.82 Å². The van der Waals surface area contributed by atoms with Crippen molar-refractivity contribution in [2.75, 3.05) is 11.9 Å². The molecule has 0 atom stereocenters. The molecule has 4 heteroatoms. The Kier molecular flexibility index (Phi) is 5.35. The van der Waals surface area contributed by atoms with E-state index >= 15 is 0 Å². The van der Waals surface area contributed by atoms with Gasteiger partial charge in [-0.25, -0.2) is 9.97 Å². The molecule has 0 spiro atoms. The van der Waals surface area contributed by atoms with Crippen LogP contribution < -0.4 is 10.1 Å². The Hall–Kier alpha value is -2.10. The van der Waals surface area contributed by atoms with E-state index in [4.69, 9.17) is 4.74 Å². The molecule has 20 heavy (non-hydrogen) atoms. The summed E-state index contributed by atoms with van der Waals surface area (Å²) < 4.78 is 5.73. The third-order valence-corrected chi connectivity index (χ3v) is 2.96. The number of unbranched alkanes of at least 4 members (excludes halogenated alkanes) is 1. The van der Waals surface area contributed by atoms with Crippen LogP contribution in [0.5, 0.6) is 11.6 Å². The van der Waals surface area contributed by atoms with Gasteiger partial charge in [-0.2, -0.15) is 0 Å². The van der Waals surface area contributed by atoms with E-state index in [2.05, 4.69) is 34.3 Å². The second kappa shape index (κ2) is 7.48. The van der Waals surface area contributed by atoms with Crippen LogP contribution in [0.15, 0.2) is 36.7 Å². The minimum absolute atomic E-state index is 0.553. The van der Waals surface area contributed by atoms with Crippen LogP contribution >= 0.6 is 0 Å². The highest BCUT2D eigenvalue weighted by Gasteiger charge is 2.01. The number of benzene rings is 1. The molecule has 2 rings (SSSR count). The van der Waals surface area contributed by atoms with Crippen LogP contribution in [0.1, 0.15) is 32.3 Å². The summed E-state index contributed by atoms with van der Waals surface area (Å²) in [4.78, 5) is 8.23. The first-order chi connectivity index (χ1) is 9.81. The van der Waals surface area contributed by atoms with Crippen molar-refractivity contribution in [3.63, 3.8) is 0 Å². The van der Waals surface area contributed by atoms with E-state index in [1.54, 1.807) is 6.07 Å². The van der Waals surface area contributed by atoms with Crippen LogP contribution in [-0.4, -0.2) is 16.5 Å². The van der Waals surface area contributed by atoms with Crippen LogP contribution in [0.4, 0.5) is 5.82 Å². The van der Waals surface area contributed by atoms with Crippen molar-refractivity contribution in [1.29, 1.82) is 0 Å². The molecule has 4 nitrogen and oxygen atoms in total. The summed E-state index contributed by atoms with van der Waals surface area (Å²) in [5.41, 5.74) is 1.34. The fraction of sp³-hybridized carbons (Fsp3) is 0.375. The monoisotopic (exact) mass is 271 g/mol. The second-order valence-electron chi connectivity index (χ2n) is 4.62. The fourth-order valence-electron chi connectivity index (χ4n) is 1.90. The summed E-state index contributed by atoms with van der Waals surface area (Å²) in [5, 5.41) is 3.13. The lowest BCUT2D eigenvalue weighted by atomic mass is 10.1. The highest BCUT2D eigenvalue weighted by Crippen LogP contribution is 2.21. The van der Waals surface area contributed by atoms with Crippen molar-refractivity contribution in [1.82, 2.24) is 9.97 Å². The molecule has 1 heterocycles. The zero-order chi connectivity index (χ0) is 14.2. The minimum atomic E-state index is 0.553. The number of nitrogens with zero attached hydrogens (tertiary/aromatic N) is 2. The maximum absolute atomic E-state index is 5.73. The number of anilines is 1. The van der Waals surface area contributed by atoms with Crippen molar-refractivity contribution in [3.8, 4) is 11.6 Å². The Morgan fingerprint density at radius 2 is 1.90 bits per heavy atom. The number of aromatic nitrogens is 2. The van der Waals surface area contributed by atoms with E-state index in [1.165, 1.54) is 24.7 Å². The Morgan fingerprint density at radius 1 is 1.10 bits per heavy atom. The van der Waals surface area contributed by atoms with E-state index in [1.807, 2.05) is 19.1 Å². The first-order valence-corrected chi connectivity index (χ1v) is 7.14. The molecule has 0 saturated carbocycles. The summed E-state index contributed by atoms with van der Waals surface area (Å²) in [6, 6.07) is 9.99. The van der Waals surface area contributed by atoms with E-state index < -0.39 is 0 Å². The summed E-state index contributed by atoms with van der Waals surface area (Å²) in [6.45, 7) is 5.05. The highest BCUT2D eigenvalue weighted by molar-refractivity contribution is 5.39. The molecule has 0 unspecified atom stereocenters. The second-order valence-corrected chi connectivity index (χ2v) is 4.62. The van der Waals surface area contributed by atoms with Crippen molar-refractivity contribution in [2.45, 2.75) is 33.1 Å². The number of nitrogens with one attached hydrogen (secondary N) is 1. The average Bonchev–Trinajstić information content (AvgIpc) is 2.47. The molecule has 0 fully saturated rings. The predicted octanol–water partition coefficient (Wildman–Crippen LogP) is 4.04. The van der Waals surface area contributed by atoms with Gasteiger partial charge in [0.1, 0.15) is 17.9 Å². The Bertz CT molecular complexity index is 526. The summed E-state index contributed by atoms with van der Waals surface area (Å²) in [6.07, 6.45) is 5.06. The van der Waals surface area contributed by atoms with Gasteiger partial charge in [-0.05, 0) is 37.5 Å². The Morgan fingerprint density at radius 3 is 2.60 bits per heavy atom. The molecule has 0 aliphatic heterocycles. The van der Waals surface area contributed by atoms with Gasteiger partial charge in [0, 0.05) is 12.6 Å². The molecule has 0 aliphatic carbocycles. The molecule has 0 amide bonds. The molecule has 106 valence electrons. The van der Waals surface area contributed by atoms with Gasteiger partial charge >= 0.3 is 0 Å². The number of ether oxygens (including phenoxy) is 1. The van der Waals surface area contributed by atoms with E-state index in [0.29, 0.717) is 5.88 Å². The van der Waals surface area contributed by atoms with Gasteiger partial charge in [0.2, 0.25) is 5.88 Å². The van der Waals surface area contributed by atoms with Crippen LogP contribution in [0.25, 0.3) is 0 Å². The van der Waals surface area contributed by atoms with Gasteiger partial charge in [-0.15, -0.1) is 0 Å². The summed E-state index contributed by atoms with van der Waals surface area (Å²) >= 11 is 0. The van der Waals surface area contributed by atoms with Gasteiger partial charge in [-0.1, -0.05) is 25.5 Å². The molecule has 1 aromatic carbocycles. The molecule has 1 aromatic heterocycles. The van der Waals surface area contributed by atoms with E-state index in [-0.39, 0.29) is 0 Å². The molecule has 1 N–H and O–H groups in total. The van der Waals surface area contributed by atoms with Crippen LogP contribution in [0.2, 0.25) is 0 Å². The maximum Gasteiger partial charge on any atom is 0.224 e. The Labute approximate surface area is 120 Å². The van der Waals surface area contributed by atoms with Crippen molar-refractivity contribution in [2.24, 2.45) is 0 Å². The topological polar surface area (TPSA) is 47.0 Å². The van der Waals surface area contributed by atoms with Gasteiger partial charge in [0.15, 0.2) is 0 Å². The Balaban J connectivity index is 2.00. The first kappa shape index (κ1) is 14.3. The van der Waals surface area contributed by atoms with Gasteiger partial charge in [0.25, 0.3) is 0 Å². The lowest BCUT2D eigenvalue weighted by molar-refractivity contribution is 0.461. The molecule has 2 aromatic rings. The molecule has 0 saturated heterocycles. The smallest absolute Gasteiger partial charge is 0.224 e. The van der Waals surface area contributed by atoms with Gasteiger partial charge in [0.05, 0.1) is 0 Å². The molecule has 0 bridgehead atoms. The number of aryl methyl sites for hydroxylation is 1. The maximum atomic E-state index is 5.73. The van der Waals surface area contributed by atoms with Crippen LogP contribution in [0, 0.1) is 0 Å². The number of hydrogen-bond acceptors (Lipinski definition) is 4. The number of rotatable bonds is 7. The van der Waals surface area contributed by atoms with Gasteiger partial charge in [-0.3, -0.25) is 0 Å². The van der Waals surface area contributed by atoms with Crippen molar-refractivity contribution in [3.05, 3.63) is 42.2 Å². The van der Waals surface area contributed by atoms with Crippen LogP contribution in [0.3, 0.4) is 0 Å². The summed E-state index contributed by atoms with van der Waals surface area (Å²) in [7, 11) is 0. The van der Waals surface area contributed by atoms with E-state index in [0.717, 1.165) is 24.5 Å². The van der Waals surface area contributed by atoms with Gasteiger partial charge < -0.3 is 10.1 Å². The molecular formula is C16H21N3O. The summed E-state index contributed by atoms with van der Waals surface area (Å²) in [5.74, 6) is 2.13. The van der Waals surface area contributed by atoms with E-state index in [9.17, 15) is 0 Å². The average molecular weight is 271 g/mol. The zero-order valence-corrected chi connectivity index (χ0v) is 12.1. The minimum Gasteiger partial charge on any atom is -0.439 e. The third-order valence-electron chi connectivity index (χ3n) is 2.96. The SMILES string of the molecule is CCCCc1ccc(Oc2cc(NCC)ncn2)cc1. The lowest BCUT2D eigenvalue weighted by Gasteiger charge is -2.07. The fourth-order valence-corrected chi connectivity index (χ4v) is 1.90. The largest absolute Gasteiger partial charge is 0.439 e. The number of hydrogen-bond donors (Lipinski definition) is 1. The highest BCUT2D eigenvalue weighted by atomic mass is 16.5. The lowest BCUT2D eigenvalue weighted by Crippen LogP contribution is -2.00. The quantitative estimate of drug-likeness (QED) is 0.825. The normalized spacial score (nSPS) is 10.3. The molecule has 0 radical (unpaired) electrons.